The van der Waals surface area contributed by atoms with Crippen LogP contribution in [0.15, 0.2) is 54.6 Å². The molecule has 6 rings (SSSR count). The molecule has 1 saturated heterocycles. The van der Waals surface area contributed by atoms with Gasteiger partial charge in [0, 0.05) is 23.9 Å². The summed E-state index contributed by atoms with van der Waals surface area (Å²) < 4.78 is 7.55. The number of benzene rings is 2. The number of nitrogen functional groups attached to an aromatic ring is 1. The minimum absolute atomic E-state index is 0.308. The summed E-state index contributed by atoms with van der Waals surface area (Å²) in [5.74, 6) is 2.31. The van der Waals surface area contributed by atoms with Crippen molar-refractivity contribution in [1.29, 1.82) is 0 Å². The molecule has 0 bridgehead atoms. The topological polar surface area (TPSA) is 109 Å². The number of nitrogens with zero attached hydrogens (tertiary/aromatic N) is 5. The van der Waals surface area contributed by atoms with Crippen molar-refractivity contribution in [3.63, 3.8) is 0 Å². The highest BCUT2D eigenvalue weighted by molar-refractivity contribution is 5.68. The Morgan fingerprint density at radius 1 is 0.972 bits per heavy atom. The van der Waals surface area contributed by atoms with Crippen LogP contribution in [0.4, 0.5) is 17.6 Å². The summed E-state index contributed by atoms with van der Waals surface area (Å²) in [6, 6.07) is 18.3. The number of hydrogen-bond acceptors (Lipinski definition) is 7. The molecular formula is C27H31N8O+. The van der Waals surface area contributed by atoms with E-state index in [4.69, 9.17) is 10.5 Å². The average molecular weight is 484 g/mol. The quantitative estimate of drug-likeness (QED) is 0.346. The van der Waals surface area contributed by atoms with E-state index in [9.17, 15) is 0 Å². The van der Waals surface area contributed by atoms with Crippen molar-refractivity contribution >= 4 is 17.6 Å². The van der Waals surface area contributed by atoms with Crippen molar-refractivity contribution < 1.29 is 9.42 Å². The zero-order valence-electron chi connectivity index (χ0n) is 20.3. The molecule has 0 unspecified atom stereocenters. The smallest absolute Gasteiger partial charge is 0.370 e. The van der Waals surface area contributed by atoms with Crippen molar-refractivity contribution in [3.05, 3.63) is 65.7 Å². The van der Waals surface area contributed by atoms with Crippen molar-refractivity contribution in [2.75, 3.05) is 37.3 Å². The fraction of sp³-hybridized carbons (Fsp3) is 0.333. The maximum absolute atomic E-state index is 6.23. The van der Waals surface area contributed by atoms with Crippen molar-refractivity contribution in [2.45, 2.75) is 32.1 Å². The average Bonchev–Trinajstić information content (AvgIpc) is 3.50. The number of aromatic amines is 1. The Morgan fingerprint density at radius 3 is 2.64 bits per heavy atom. The number of rotatable bonds is 7. The number of H-pyrrole nitrogens is 1. The van der Waals surface area contributed by atoms with Gasteiger partial charge in [-0.05, 0) is 85.7 Å². The highest BCUT2D eigenvalue weighted by atomic mass is 16.5. The van der Waals surface area contributed by atoms with E-state index in [0.29, 0.717) is 24.3 Å². The first-order valence-corrected chi connectivity index (χ1v) is 12.7. The molecule has 2 aromatic carbocycles. The summed E-state index contributed by atoms with van der Waals surface area (Å²) in [7, 11) is 0. The summed E-state index contributed by atoms with van der Waals surface area (Å²) in [5.41, 5.74) is 11.7. The van der Waals surface area contributed by atoms with Crippen LogP contribution in [0.2, 0.25) is 0 Å². The molecule has 0 saturated carbocycles. The van der Waals surface area contributed by atoms with Crippen molar-refractivity contribution in [3.8, 4) is 22.8 Å². The van der Waals surface area contributed by atoms with E-state index in [0.717, 1.165) is 48.5 Å². The van der Waals surface area contributed by atoms with Gasteiger partial charge < -0.3 is 15.8 Å². The van der Waals surface area contributed by atoms with Gasteiger partial charge in [-0.25, -0.2) is 5.10 Å². The van der Waals surface area contributed by atoms with Crippen molar-refractivity contribution in [1.82, 2.24) is 25.2 Å². The number of aryl methyl sites for hydroxylation is 2. The van der Waals surface area contributed by atoms with Gasteiger partial charge in [0.15, 0.2) is 0 Å². The second-order valence-electron chi connectivity index (χ2n) is 9.40. The third-order valence-electron chi connectivity index (χ3n) is 6.92. The minimum Gasteiger partial charge on any atom is -0.492 e. The third kappa shape index (κ3) is 4.74. The number of nitrogens with two attached hydrogens (primary N) is 1. The molecular weight excluding hydrogens is 452 g/mol. The molecule has 2 aromatic heterocycles. The highest BCUT2D eigenvalue weighted by Gasteiger charge is 2.22. The first-order chi connectivity index (χ1) is 17.7. The molecule has 1 aliphatic carbocycles. The van der Waals surface area contributed by atoms with Gasteiger partial charge in [0.05, 0.1) is 0 Å². The molecule has 9 nitrogen and oxygen atoms in total. The van der Waals surface area contributed by atoms with Crippen LogP contribution >= 0.6 is 0 Å². The van der Waals surface area contributed by atoms with Crippen LogP contribution in [0.1, 0.15) is 30.4 Å². The lowest BCUT2D eigenvalue weighted by molar-refractivity contribution is -0.645. The van der Waals surface area contributed by atoms with Crippen LogP contribution in [-0.2, 0) is 12.8 Å². The predicted molar refractivity (Wildman–Crippen MR) is 138 cm³/mol. The van der Waals surface area contributed by atoms with E-state index >= 15 is 0 Å². The highest BCUT2D eigenvalue weighted by Crippen LogP contribution is 2.30. The first kappa shape index (κ1) is 22.5. The molecule has 2 aliphatic rings. The Labute approximate surface area is 210 Å². The largest absolute Gasteiger partial charge is 0.492 e. The van der Waals surface area contributed by atoms with Gasteiger partial charge >= 0.3 is 5.95 Å². The SMILES string of the molecule is Nc1nc(Nc2ccc(OCCN3CCCC3)cc2)[nH][n+]1-c1cc2c(nn1)-c1ccccc1CCC2. The number of anilines is 3. The van der Waals surface area contributed by atoms with E-state index in [-0.39, 0.29) is 0 Å². The summed E-state index contributed by atoms with van der Waals surface area (Å²) in [5, 5.41) is 15.5. The number of fused-ring (bicyclic) bond motifs is 3. The molecule has 9 heteroatoms. The molecule has 0 atom stereocenters. The molecule has 0 amide bonds. The molecule has 1 aliphatic heterocycles. The Balaban J connectivity index is 1.14. The maximum atomic E-state index is 6.23. The van der Waals surface area contributed by atoms with Gasteiger partial charge in [-0.3, -0.25) is 4.90 Å². The first-order valence-electron chi connectivity index (χ1n) is 12.7. The number of nitrogens with one attached hydrogen (secondary N) is 2. The van der Waals surface area contributed by atoms with Crippen LogP contribution in [-0.4, -0.2) is 51.4 Å². The number of aromatic nitrogens is 5. The van der Waals surface area contributed by atoms with E-state index < -0.39 is 0 Å². The van der Waals surface area contributed by atoms with E-state index in [1.807, 2.05) is 24.3 Å². The standard InChI is InChI=1S/C27H30N8O/c28-26-30-27(29-21-10-12-22(13-11-21)36-17-16-34-14-3-4-15-34)33-35(26)24-18-20-8-5-7-19-6-1-2-9-23(19)25(20)32-31-24/h1-2,6,9-13,18H,3-5,7-8,14-17H2,(H3,28,29,30,33)/p+1. The molecule has 0 radical (unpaired) electrons. The lowest BCUT2D eigenvalue weighted by atomic mass is 10.0. The summed E-state index contributed by atoms with van der Waals surface area (Å²) in [4.78, 5) is 6.88. The molecule has 0 spiro atoms. The summed E-state index contributed by atoms with van der Waals surface area (Å²) in [6.45, 7) is 4.05. The van der Waals surface area contributed by atoms with Crippen LogP contribution in [0.25, 0.3) is 17.1 Å². The Kier molecular flexibility index (Phi) is 6.21. The number of ether oxygens (including phenoxy) is 1. The Hall–Kier alpha value is -3.98. The van der Waals surface area contributed by atoms with Crippen LogP contribution in [0.3, 0.4) is 0 Å². The van der Waals surface area contributed by atoms with Gasteiger partial charge in [0.1, 0.15) is 18.1 Å². The van der Waals surface area contributed by atoms with Crippen LogP contribution < -0.4 is 20.5 Å². The number of hydrogen-bond donors (Lipinski definition) is 3. The van der Waals surface area contributed by atoms with E-state index in [1.54, 1.807) is 4.68 Å². The normalized spacial score (nSPS) is 15.2. The Morgan fingerprint density at radius 2 is 1.78 bits per heavy atom. The zero-order valence-corrected chi connectivity index (χ0v) is 20.3. The number of likely N-dealkylation sites (tertiary alicyclic amines) is 1. The van der Waals surface area contributed by atoms with Gasteiger partial charge in [-0.15, -0.1) is 4.68 Å². The van der Waals surface area contributed by atoms with Gasteiger partial charge in [0.2, 0.25) is 0 Å². The predicted octanol–water partition coefficient (Wildman–Crippen LogP) is 3.43. The molecule has 184 valence electrons. The summed E-state index contributed by atoms with van der Waals surface area (Å²) in [6.07, 6.45) is 5.65. The molecule has 36 heavy (non-hydrogen) atoms. The van der Waals surface area contributed by atoms with Gasteiger partial charge in [-0.1, -0.05) is 34.3 Å². The maximum Gasteiger partial charge on any atom is 0.370 e. The fourth-order valence-corrected chi connectivity index (χ4v) is 5.04. The lowest BCUT2D eigenvalue weighted by Crippen LogP contribution is -2.37. The van der Waals surface area contributed by atoms with E-state index in [1.165, 1.54) is 37.1 Å². The Bertz CT molecular complexity index is 1340. The second-order valence-corrected chi connectivity index (χ2v) is 9.40. The van der Waals surface area contributed by atoms with Gasteiger partial charge in [0.25, 0.3) is 11.8 Å². The molecule has 4 N–H and O–H groups in total. The molecule has 4 aromatic rings. The van der Waals surface area contributed by atoms with Gasteiger partial charge in [-0.2, -0.15) is 0 Å². The fourth-order valence-electron chi connectivity index (χ4n) is 5.04. The molecule has 3 heterocycles. The minimum atomic E-state index is 0.308. The van der Waals surface area contributed by atoms with Crippen LogP contribution in [0.5, 0.6) is 5.75 Å². The van der Waals surface area contributed by atoms with E-state index in [2.05, 4.69) is 60.8 Å². The summed E-state index contributed by atoms with van der Waals surface area (Å²) >= 11 is 0. The zero-order chi connectivity index (χ0) is 24.3. The molecule has 1 fully saturated rings. The van der Waals surface area contributed by atoms with Crippen molar-refractivity contribution in [2.24, 2.45) is 0 Å². The monoisotopic (exact) mass is 483 g/mol. The van der Waals surface area contributed by atoms with Crippen LogP contribution in [0, 0.1) is 0 Å². The third-order valence-corrected chi connectivity index (χ3v) is 6.92. The second kappa shape index (κ2) is 9.94. The lowest BCUT2D eigenvalue weighted by Gasteiger charge is -2.15.